The second-order valence-corrected chi connectivity index (χ2v) is 6.76. The van der Waals surface area contributed by atoms with E-state index in [1.54, 1.807) is 19.1 Å². The van der Waals surface area contributed by atoms with E-state index in [2.05, 4.69) is 43.0 Å². The average Bonchev–Trinajstić information content (AvgIpc) is 2.83. The van der Waals surface area contributed by atoms with Crippen LogP contribution in [0.1, 0.15) is 80.1 Å². The monoisotopic (exact) mass is 416 g/mol. The van der Waals surface area contributed by atoms with E-state index in [1.165, 1.54) is 50.9 Å². The zero-order chi connectivity index (χ0) is 23.8. The molecule has 2 aliphatic rings. The first kappa shape index (κ1) is 32.6. The molecule has 0 bridgehead atoms. The Morgan fingerprint density at radius 2 is 1.67 bits per heavy atom. The Kier molecular flexibility index (Phi) is 27.1. The fourth-order valence-electron chi connectivity index (χ4n) is 3.41. The van der Waals surface area contributed by atoms with Crippen LogP contribution in [-0.4, -0.2) is 24.0 Å². The molecule has 0 spiro atoms. The molecule has 2 rings (SSSR count). The number of terminal acetylenes is 1. The lowest BCUT2D eigenvalue weighted by Gasteiger charge is -2.39. The number of likely N-dealkylation sites (tertiary alicyclic amines) is 1. The van der Waals surface area contributed by atoms with E-state index in [-0.39, 0.29) is 5.83 Å². The van der Waals surface area contributed by atoms with Gasteiger partial charge in [0.25, 0.3) is 0 Å². The van der Waals surface area contributed by atoms with Crippen molar-refractivity contribution in [1.82, 2.24) is 4.90 Å². The van der Waals surface area contributed by atoms with E-state index in [0.717, 1.165) is 24.8 Å². The van der Waals surface area contributed by atoms with Gasteiger partial charge in [-0.05, 0) is 64.0 Å². The third-order valence-electron chi connectivity index (χ3n) is 4.80. The van der Waals surface area contributed by atoms with Gasteiger partial charge in [0.2, 0.25) is 0 Å². The van der Waals surface area contributed by atoms with Gasteiger partial charge in [0, 0.05) is 24.6 Å². The van der Waals surface area contributed by atoms with Gasteiger partial charge in [0.05, 0.1) is 6.07 Å². The average molecular weight is 417 g/mol. The van der Waals surface area contributed by atoms with Crippen molar-refractivity contribution in [2.45, 2.75) is 86.1 Å². The summed E-state index contributed by atoms with van der Waals surface area (Å²) in [5.74, 6) is 0.948. The smallest absolute Gasteiger partial charge is 0.126 e. The van der Waals surface area contributed by atoms with Crippen LogP contribution in [0.5, 0.6) is 0 Å². The fraction of sp³-hybridized carbons (Fsp3) is 0.630. The molecule has 1 aliphatic carbocycles. The van der Waals surface area contributed by atoms with Crippen molar-refractivity contribution in [3.05, 3.63) is 42.4 Å². The van der Waals surface area contributed by atoms with Crippen LogP contribution >= 0.6 is 0 Å². The largest absolute Gasteiger partial charge is 0.300 e. The summed E-state index contributed by atoms with van der Waals surface area (Å²) in [5.41, 5.74) is 2.57. The number of hydrogen-bond acceptors (Lipinski definition) is 2. The molecule has 170 valence electrons. The second kappa shape index (κ2) is 25.0. The van der Waals surface area contributed by atoms with E-state index in [1.807, 2.05) is 27.7 Å². The highest BCUT2D eigenvalue weighted by molar-refractivity contribution is 5.11. The summed E-state index contributed by atoms with van der Waals surface area (Å²) in [4.78, 5) is 2.68. The maximum Gasteiger partial charge on any atom is 0.126 e. The van der Waals surface area contributed by atoms with Crippen molar-refractivity contribution >= 4 is 0 Å². The van der Waals surface area contributed by atoms with Gasteiger partial charge < -0.3 is 4.90 Å². The van der Waals surface area contributed by atoms with E-state index in [0.29, 0.717) is 5.92 Å². The van der Waals surface area contributed by atoms with Gasteiger partial charge in [-0.3, -0.25) is 0 Å². The number of rotatable bonds is 3. The molecule has 0 amide bonds. The van der Waals surface area contributed by atoms with Gasteiger partial charge in [0.1, 0.15) is 5.83 Å². The summed E-state index contributed by atoms with van der Waals surface area (Å²) >= 11 is 0. The van der Waals surface area contributed by atoms with Gasteiger partial charge in [0.15, 0.2) is 0 Å². The van der Waals surface area contributed by atoms with Gasteiger partial charge in [-0.2, -0.15) is 5.26 Å². The summed E-state index contributed by atoms with van der Waals surface area (Å²) < 4.78 is 12.1. The highest BCUT2D eigenvalue weighted by Crippen LogP contribution is 2.29. The number of nitriles is 1. The number of allylic oxidation sites excluding steroid dienone is 4. The SMILES string of the molecule is C#C.C=CC=C=C/C(F)=C\C.CC.CC.CC1CCCN(C2CCC(C#N)CC2)C1. The van der Waals surface area contributed by atoms with Gasteiger partial charge in [-0.15, -0.1) is 18.6 Å². The standard InChI is InChI=1S/C13H22N2.C8H9F.2C2H6.C2H2/c1-11-3-2-8-15(10-11)13-6-4-12(9-14)5-7-13;1-3-5-6-7-8(9)4-2;3*1-2/h11-13H,2-8,10H2,1H3;3-5,7H,1H2,2H3;2*1-2H3;1-2H/b;8-4+;;;. The first-order valence-corrected chi connectivity index (χ1v) is 11.4. The minimum atomic E-state index is -0.284. The van der Waals surface area contributed by atoms with E-state index in [4.69, 9.17) is 5.26 Å². The second-order valence-electron chi connectivity index (χ2n) is 6.76. The molecule has 0 aromatic heterocycles. The molecule has 0 N–H and O–H groups in total. The maximum atomic E-state index is 12.1. The number of hydrogen-bond donors (Lipinski definition) is 0. The third-order valence-corrected chi connectivity index (χ3v) is 4.80. The highest BCUT2D eigenvalue weighted by Gasteiger charge is 2.28. The van der Waals surface area contributed by atoms with E-state index < -0.39 is 0 Å². The number of piperidine rings is 1. The molecular weight excluding hydrogens is 371 g/mol. The predicted octanol–water partition coefficient (Wildman–Crippen LogP) is 7.86. The molecule has 0 radical (unpaired) electrons. The Labute approximate surface area is 187 Å². The quantitative estimate of drug-likeness (QED) is 0.266. The van der Waals surface area contributed by atoms with Gasteiger partial charge in [-0.25, -0.2) is 4.39 Å². The normalized spacial score (nSPS) is 22.7. The van der Waals surface area contributed by atoms with Gasteiger partial charge >= 0.3 is 0 Å². The third kappa shape index (κ3) is 16.9. The van der Waals surface area contributed by atoms with Crippen LogP contribution < -0.4 is 0 Å². The topological polar surface area (TPSA) is 27.0 Å². The minimum absolute atomic E-state index is 0.284. The van der Waals surface area contributed by atoms with Crippen LogP contribution in [-0.2, 0) is 0 Å². The van der Waals surface area contributed by atoms with Crippen molar-refractivity contribution in [2.75, 3.05) is 13.1 Å². The molecule has 1 saturated carbocycles. The number of halogens is 1. The molecular formula is C27H45FN2. The zero-order valence-corrected chi connectivity index (χ0v) is 20.3. The van der Waals surface area contributed by atoms with Crippen LogP contribution in [0.25, 0.3) is 0 Å². The summed E-state index contributed by atoms with van der Waals surface area (Å²) in [6, 6.07) is 3.21. The molecule has 0 aromatic carbocycles. The van der Waals surface area contributed by atoms with E-state index in [9.17, 15) is 4.39 Å². The molecule has 1 unspecified atom stereocenters. The Balaban J connectivity index is -0.000000420. The fourth-order valence-corrected chi connectivity index (χ4v) is 3.41. The molecule has 1 aliphatic heterocycles. The van der Waals surface area contributed by atoms with Crippen LogP contribution in [0.3, 0.4) is 0 Å². The molecule has 1 saturated heterocycles. The maximum absolute atomic E-state index is 12.1. The van der Waals surface area contributed by atoms with Crippen molar-refractivity contribution in [3.63, 3.8) is 0 Å². The van der Waals surface area contributed by atoms with Crippen molar-refractivity contribution in [3.8, 4) is 18.9 Å². The summed E-state index contributed by atoms with van der Waals surface area (Å²) in [6.45, 7) is 18.0. The lowest BCUT2D eigenvalue weighted by molar-refractivity contribution is 0.0977. The Hall–Kier alpha value is -2.06. The zero-order valence-electron chi connectivity index (χ0n) is 20.3. The van der Waals surface area contributed by atoms with Crippen molar-refractivity contribution in [1.29, 1.82) is 5.26 Å². The van der Waals surface area contributed by atoms with Crippen molar-refractivity contribution in [2.24, 2.45) is 11.8 Å². The van der Waals surface area contributed by atoms with Gasteiger partial charge in [-0.1, -0.05) is 53.3 Å². The first-order valence-electron chi connectivity index (χ1n) is 11.4. The molecule has 0 aromatic rings. The van der Waals surface area contributed by atoms with Crippen LogP contribution in [0.4, 0.5) is 4.39 Å². The Morgan fingerprint density at radius 1 is 1.10 bits per heavy atom. The Morgan fingerprint density at radius 3 is 2.10 bits per heavy atom. The molecule has 3 heteroatoms. The minimum Gasteiger partial charge on any atom is -0.300 e. The van der Waals surface area contributed by atoms with Crippen LogP contribution in [0.2, 0.25) is 0 Å². The lowest BCUT2D eigenvalue weighted by Crippen LogP contribution is -2.43. The summed E-state index contributed by atoms with van der Waals surface area (Å²) in [5, 5.41) is 8.87. The van der Waals surface area contributed by atoms with Crippen molar-refractivity contribution < 1.29 is 4.39 Å². The van der Waals surface area contributed by atoms with Crippen LogP contribution in [0, 0.1) is 36.0 Å². The summed E-state index contributed by atoms with van der Waals surface area (Å²) in [6.07, 6.45) is 21.3. The lowest BCUT2D eigenvalue weighted by atomic mass is 9.85. The highest BCUT2D eigenvalue weighted by atomic mass is 19.1. The predicted molar refractivity (Wildman–Crippen MR) is 132 cm³/mol. The Bertz CT molecular complexity index is 539. The molecule has 2 nitrogen and oxygen atoms in total. The molecule has 2 fully saturated rings. The summed E-state index contributed by atoms with van der Waals surface area (Å²) in [7, 11) is 0. The molecule has 1 heterocycles. The van der Waals surface area contributed by atoms with Crippen LogP contribution in [0.15, 0.2) is 42.4 Å². The first-order chi connectivity index (χ1) is 14.6. The molecule has 30 heavy (non-hydrogen) atoms. The molecule has 1 atom stereocenters. The van der Waals surface area contributed by atoms with E-state index >= 15 is 0 Å². The number of nitrogens with zero attached hydrogens (tertiary/aromatic N) is 2.